The van der Waals surface area contributed by atoms with E-state index in [4.69, 9.17) is 5.73 Å². The molecule has 0 amide bonds. The standard InChI is InChI=1S/C16H24N2O2S/c17-10-2-6-15-7-3-11-18(15)21(19,20)16-9-8-13-4-1-5-14(13)12-16/h8-9,12,15H,1-7,10-11,17H2. The van der Waals surface area contributed by atoms with Crippen molar-refractivity contribution >= 4 is 10.0 Å². The lowest BCUT2D eigenvalue weighted by Crippen LogP contribution is -2.35. The Balaban J connectivity index is 1.85. The van der Waals surface area contributed by atoms with Gasteiger partial charge in [-0.05, 0) is 74.8 Å². The molecule has 0 radical (unpaired) electrons. The van der Waals surface area contributed by atoms with Crippen LogP contribution in [0.25, 0.3) is 0 Å². The lowest BCUT2D eigenvalue weighted by atomic mass is 10.1. The molecule has 0 bridgehead atoms. The molecule has 1 unspecified atom stereocenters. The van der Waals surface area contributed by atoms with Gasteiger partial charge in [-0.3, -0.25) is 0 Å². The van der Waals surface area contributed by atoms with Gasteiger partial charge in [0.25, 0.3) is 0 Å². The largest absolute Gasteiger partial charge is 0.330 e. The maximum absolute atomic E-state index is 12.9. The molecule has 1 saturated heterocycles. The van der Waals surface area contributed by atoms with E-state index in [0.717, 1.165) is 44.9 Å². The number of nitrogens with zero attached hydrogens (tertiary/aromatic N) is 1. The minimum atomic E-state index is -3.35. The molecule has 1 fully saturated rings. The summed E-state index contributed by atoms with van der Waals surface area (Å²) in [7, 11) is -3.35. The Hall–Kier alpha value is -0.910. The minimum absolute atomic E-state index is 0.131. The van der Waals surface area contributed by atoms with Crippen LogP contribution in [0.2, 0.25) is 0 Å². The van der Waals surface area contributed by atoms with Crippen molar-refractivity contribution in [3.05, 3.63) is 29.3 Å². The highest BCUT2D eigenvalue weighted by atomic mass is 32.2. The molecule has 4 nitrogen and oxygen atoms in total. The molecule has 2 aliphatic rings. The zero-order valence-electron chi connectivity index (χ0n) is 12.4. The number of fused-ring (bicyclic) bond motifs is 1. The summed E-state index contributed by atoms with van der Waals surface area (Å²) in [4.78, 5) is 0.475. The smallest absolute Gasteiger partial charge is 0.243 e. The van der Waals surface area contributed by atoms with E-state index in [0.29, 0.717) is 18.0 Å². The Labute approximate surface area is 127 Å². The van der Waals surface area contributed by atoms with Crippen LogP contribution in [0, 0.1) is 0 Å². The van der Waals surface area contributed by atoms with Crippen molar-refractivity contribution in [1.29, 1.82) is 0 Å². The van der Waals surface area contributed by atoms with Crippen molar-refractivity contribution in [1.82, 2.24) is 4.31 Å². The average Bonchev–Trinajstić information content (AvgIpc) is 3.13. The number of aryl methyl sites for hydroxylation is 2. The summed E-state index contributed by atoms with van der Waals surface area (Å²) in [6, 6.07) is 5.82. The van der Waals surface area contributed by atoms with Gasteiger partial charge in [-0.2, -0.15) is 4.31 Å². The predicted octanol–water partition coefficient (Wildman–Crippen LogP) is 2.07. The summed E-state index contributed by atoms with van der Waals surface area (Å²) in [6.07, 6.45) is 6.92. The topological polar surface area (TPSA) is 63.4 Å². The Kier molecular flexibility index (Phi) is 4.33. The second-order valence-electron chi connectivity index (χ2n) is 6.13. The molecule has 1 aromatic rings. The van der Waals surface area contributed by atoms with E-state index in [2.05, 4.69) is 0 Å². The van der Waals surface area contributed by atoms with Crippen LogP contribution < -0.4 is 5.73 Å². The monoisotopic (exact) mass is 308 g/mol. The van der Waals surface area contributed by atoms with Crippen molar-refractivity contribution in [2.24, 2.45) is 5.73 Å². The Morgan fingerprint density at radius 2 is 2.00 bits per heavy atom. The summed E-state index contributed by atoms with van der Waals surface area (Å²) < 4.78 is 27.5. The number of hydrogen-bond donors (Lipinski definition) is 1. The number of rotatable bonds is 5. The van der Waals surface area contributed by atoms with Gasteiger partial charge in [0.15, 0.2) is 0 Å². The van der Waals surface area contributed by atoms with Crippen molar-refractivity contribution in [3.8, 4) is 0 Å². The molecule has 1 aliphatic heterocycles. The first kappa shape index (κ1) is 15.0. The molecule has 116 valence electrons. The molecule has 1 aliphatic carbocycles. The van der Waals surface area contributed by atoms with Crippen LogP contribution in [0.5, 0.6) is 0 Å². The van der Waals surface area contributed by atoms with Gasteiger partial charge in [-0.25, -0.2) is 8.42 Å². The summed E-state index contributed by atoms with van der Waals surface area (Å²) in [6.45, 7) is 1.28. The van der Waals surface area contributed by atoms with Gasteiger partial charge in [0.1, 0.15) is 0 Å². The number of hydrogen-bond acceptors (Lipinski definition) is 3. The van der Waals surface area contributed by atoms with Crippen molar-refractivity contribution in [2.45, 2.75) is 55.9 Å². The van der Waals surface area contributed by atoms with Gasteiger partial charge in [0, 0.05) is 12.6 Å². The van der Waals surface area contributed by atoms with Crippen LogP contribution in [0.15, 0.2) is 23.1 Å². The van der Waals surface area contributed by atoms with Crippen LogP contribution in [-0.2, 0) is 22.9 Å². The van der Waals surface area contributed by atoms with Crippen molar-refractivity contribution in [3.63, 3.8) is 0 Å². The van der Waals surface area contributed by atoms with Gasteiger partial charge in [-0.1, -0.05) is 6.07 Å². The predicted molar refractivity (Wildman–Crippen MR) is 83.7 cm³/mol. The molecule has 1 atom stereocenters. The fourth-order valence-electron chi connectivity index (χ4n) is 3.61. The lowest BCUT2D eigenvalue weighted by molar-refractivity contribution is 0.365. The zero-order chi connectivity index (χ0) is 14.9. The fourth-order valence-corrected chi connectivity index (χ4v) is 5.39. The second-order valence-corrected chi connectivity index (χ2v) is 8.02. The first-order chi connectivity index (χ1) is 10.1. The highest BCUT2D eigenvalue weighted by Gasteiger charge is 2.35. The SMILES string of the molecule is NCCCC1CCCN1S(=O)(=O)c1ccc2c(c1)CCC2. The Bertz CT molecular complexity index is 613. The number of sulfonamides is 1. The molecular weight excluding hydrogens is 284 g/mol. The maximum Gasteiger partial charge on any atom is 0.243 e. The van der Waals surface area contributed by atoms with E-state index in [1.54, 1.807) is 10.4 Å². The van der Waals surface area contributed by atoms with Crippen LogP contribution in [0.4, 0.5) is 0 Å². The highest BCUT2D eigenvalue weighted by molar-refractivity contribution is 7.89. The van der Waals surface area contributed by atoms with Gasteiger partial charge in [-0.15, -0.1) is 0 Å². The Morgan fingerprint density at radius 3 is 2.81 bits per heavy atom. The molecule has 1 aromatic carbocycles. The molecule has 0 saturated carbocycles. The van der Waals surface area contributed by atoms with Gasteiger partial charge in [0.2, 0.25) is 10.0 Å². The minimum Gasteiger partial charge on any atom is -0.330 e. The highest BCUT2D eigenvalue weighted by Crippen LogP contribution is 2.31. The van der Waals surface area contributed by atoms with E-state index in [9.17, 15) is 8.42 Å². The van der Waals surface area contributed by atoms with Crippen LogP contribution in [0.1, 0.15) is 43.2 Å². The normalized spacial score (nSPS) is 22.6. The van der Waals surface area contributed by atoms with E-state index >= 15 is 0 Å². The van der Waals surface area contributed by atoms with Crippen LogP contribution in [0.3, 0.4) is 0 Å². The quantitative estimate of drug-likeness (QED) is 0.905. The summed E-state index contributed by atoms with van der Waals surface area (Å²) in [5, 5.41) is 0. The van der Waals surface area contributed by atoms with Crippen LogP contribution in [-0.4, -0.2) is 31.9 Å². The van der Waals surface area contributed by atoms with E-state index < -0.39 is 10.0 Å². The third kappa shape index (κ3) is 2.87. The summed E-state index contributed by atoms with van der Waals surface area (Å²) >= 11 is 0. The third-order valence-electron chi connectivity index (χ3n) is 4.74. The molecule has 3 rings (SSSR count). The summed E-state index contributed by atoms with van der Waals surface area (Å²) in [5.74, 6) is 0. The van der Waals surface area contributed by atoms with Gasteiger partial charge < -0.3 is 5.73 Å². The molecule has 21 heavy (non-hydrogen) atoms. The molecule has 2 N–H and O–H groups in total. The zero-order valence-corrected chi connectivity index (χ0v) is 13.2. The first-order valence-corrected chi connectivity index (χ1v) is 9.40. The number of benzene rings is 1. The molecule has 1 heterocycles. The summed E-state index contributed by atoms with van der Waals surface area (Å²) in [5.41, 5.74) is 8.10. The van der Waals surface area contributed by atoms with E-state index in [-0.39, 0.29) is 6.04 Å². The van der Waals surface area contributed by atoms with E-state index in [1.807, 2.05) is 12.1 Å². The van der Waals surface area contributed by atoms with Gasteiger partial charge in [0.05, 0.1) is 4.90 Å². The third-order valence-corrected chi connectivity index (χ3v) is 6.69. The lowest BCUT2D eigenvalue weighted by Gasteiger charge is -2.24. The second kappa shape index (κ2) is 6.07. The fraction of sp³-hybridized carbons (Fsp3) is 0.625. The average molecular weight is 308 g/mol. The van der Waals surface area contributed by atoms with Crippen molar-refractivity contribution < 1.29 is 8.42 Å². The van der Waals surface area contributed by atoms with Crippen LogP contribution >= 0.6 is 0 Å². The maximum atomic E-state index is 12.9. The van der Waals surface area contributed by atoms with Crippen molar-refractivity contribution in [2.75, 3.05) is 13.1 Å². The molecule has 0 spiro atoms. The molecule has 5 heteroatoms. The molecular formula is C16H24N2O2S. The Morgan fingerprint density at radius 1 is 1.19 bits per heavy atom. The van der Waals surface area contributed by atoms with E-state index in [1.165, 1.54) is 11.1 Å². The number of nitrogens with two attached hydrogens (primary N) is 1. The molecule has 0 aromatic heterocycles. The van der Waals surface area contributed by atoms with Gasteiger partial charge >= 0.3 is 0 Å². The first-order valence-electron chi connectivity index (χ1n) is 7.96.